The number of aryl methyl sites for hydroxylation is 1. The Bertz CT molecular complexity index is 2030. The zero-order valence-electron chi connectivity index (χ0n) is 22.0. The number of hydrogen-bond donors (Lipinski definition) is 2. The second-order valence-corrected chi connectivity index (χ2v) is 13.3. The predicted molar refractivity (Wildman–Crippen MR) is 146 cm³/mol. The van der Waals surface area contributed by atoms with Crippen molar-refractivity contribution < 1.29 is 48.0 Å². The number of carbonyl (C=O) groups excluding carboxylic acids is 1. The molecule has 4 aromatic rings. The first-order valence-electron chi connectivity index (χ1n) is 12.2. The highest BCUT2D eigenvalue weighted by molar-refractivity contribution is 7.92. The van der Waals surface area contributed by atoms with Crippen molar-refractivity contribution in [3.8, 4) is 5.69 Å². The molecule has 1 aromatic heterocycles. The van der Waals surface area contributed by atoms with Crippen LogP contribution in [-0.2, 0) is 43.9 Å². The Kier molecular flexibility index (Phi) is 7.63. The maximum absolute atomic E-state index is 13.5. The van der Waals surface area contributed by atoms with Crippen molar-refractivity contribution in [3.63, 3.8) is 0 Å². The van der Waals surface area contributed by atoms with E-state index in [1.54, 1.807) is 11.6 Å². The van der Waals surface area contributed by atoms with Crippen molar-refractivity contribution in [1.82, 2.24) is 19.0 Å². The number of benzene rings is 3. The summed E-state index contributed by atoms with van der Waals surface area (Å²) >= 11 is 6.32. The van der Waals surface area contributed by atoms with Crippen LogP contribution in [0.2, 0.25) is 5.02 Å². The summed E-state index contributed by atoms with van der Waals surface area (Å²) in [5.74, 6) is -1.00. The van der Waals surface area contributed by atoms with Crippen LogP contribution in [-0.4, -0.2) is 38.8 Å². The first-order chi connectivity index (χ1) is 20.3. The minimum atomic E-state index is -4.74. The molecule has 19 heteroatoms. The fourth-order valence-corrected chi connectivity index (χ4v) is 7.01. The second kappa shape index (κ2) is 10.6. The standard InChI is InChI=1S/C25H18ClF6N5O5S2/c1-13-8-17(26)21(36-12-23(38)35-44(36,41)42)10-20(13)37-19-7-4-15(25(30,31)32)9-18(19)34-22(37)11-33-43(39,40)16-5-2-14(3-6-16)24(27,28)29/h2-10,33H,11-12H2,1H3,(H,35,38). The average Bonchev–Trinajstić information content (AvgIpc) is 3.41. The van der Waals surface area contributed by atoms with Crippen LogP contribution in [0.5, 0.6) is 0 Å². The summed E-state index contributed by atoms with van der Waals surface area (Å²) in [4.78, 5) is 15.5. The van der Waals surface area contributed by atoms with Gasteiger partial charge in [-0.15, -0.1) is 0 Å². The van der Waals surface area contributed by atoms with E-state index in [0.717, 1.165) is 30.3 Å². The van der Waals surface area contributed by atoms with Gasteiger partial charge in [0.05, 0.1) is 50.0 Å². The molecule has 0 bridgehead atoms. The van der Waals surface area contributed by atoms with Gasteiger partial charge in [0.15, 0.2) is 0 Å². The summed E-state index contributed by atoms with van der Waals surface area (Å²) in [5, 5.41) is -0.0836. The van der Waals surface area contributed by atoms with E-state index in [2.05, 4.69) is 9.71 Å². The third-order valence-corrected chi connectivity index (χ3v) is 9.67. The highest BCUT2D eigenvalue weighted by Crippen LogP contribution is 2.37. The van der Waals surface area contributed by atoms with E-state index in [0.29, 0.717) is 22.0 Å². The van der Waals surface area contributed by atoms with Crippen molar-refractivity contribution >= 4 is 54.5 Å². The van der Waals surface area contributed by atoms with Gasteiger partial charge < -0.3 is 0 Å². The van der Waals surface area contributed by atoms with Crippen LogP contribution in [0.4, 0.5) is 32.0 Å². The fraction of sp³-hybridized carbons (Fsp3) is 0.200. The lowest BCUT2D eigenvalue weighted by molar-refractivity contribution is -0.138. The smallest absolute Gasteiger partial charge is 0.295 e. The first kappa shape index (κ1) is 31.6. The minimum absolute atomic E-state index is 0.0663. The van der Waals surface area contributed by atoms with Crippen LogP contribution in [0, 0.1) is 6.92 Å². The summed E-state index contributed by atoms with van der Waals surface area (Å²) in [7, 11) is -8.77. The summed E-state index contributed by atoms with van der Waals surface area (Å²) in [6.07, 6.45) is -9.45. The lowest BCUT2D eigenvalue weighted by Crippen LogP contribution is -2.30. The number of halogens is 7. The lowest BCUT2D eigenvalue weighted by Gasteiger charge is -2.20. The predicted octanol–water partition coefficient (Wildman–Crippen LogP) is 4.68. The van der Waals surface area contributed by atoms with Crippen molar-refractivity contribution in [3.05, 3.63) is 82.1 Å². The van der Waals surface area contributed by atoms with E-state index in [-0.39, 0.29) is 33.3 Å². The molecule has 1 aliphatic rings. The van der Waals surface area contributed by atoms with Crippen molar-refractivity contribution in [2.45, 2.75) is 30.7 Å². The molecule has 0 unspecified atom stereocenters. The fourth-order valence-electron chi connectivity index (χ4n) is 4.50. The summed E-state index contributed by atoms with van der Waals surface area (Å²) in [6, 6.07) is 7.83. The van der Waals surface area contributed by atoms with Crippen molar-refractivity contribution in [1.29, 1.82) is 0 Å². The number of carbonyl (C=O) groups is 1. The summed E-state index contributed by atoms with van der Waals surface area (Å²) in [6.45, 7) is 0.280. The van der Waals surface area contributed by atoms with Crippen LogP contribution >= 0.6 is 11.6 Å². The maximum Gasteiger partial charge on any atom is 0.416 e. The Labute approximate surface area is 250 Å². The SMILES string of the molecule is Cc1cc(Cl)c(N2CC(=O)NS2(=O)=O)cc1-n1c(CNS(=O)(=O)c2ccc(C(F)(F)F)cc2)nc2cc(C(F)(F)F)ccc21. The van der Waals surface area contributed by atoms with E-state index >= 15 is 0 Å². The van der Waals surface area contributed by atoms with Gasteiger partial charge in [0.2, 0.25) is 10.0 Å². The molecule has 44 heavy (non-hydrogen) atoms. The molecule has 0 spiro atoms. The topological polar surface area (TPSA) is 130 Å². The Hall–Kier alpha value is -3.87. The van der Waals surface area contributed by atoms with E-state index in [1.165, 1.54) is 16.7 Å². The Morgan fingerprint density at radius 3 is 2.14 bits per heavy atom. The number of aromatic nitrogens is 2. The molecule has 10 nitrogen and oxygen atoms in total. The number of fused-ring (bicyclic) bond motifs is 1. The molecule has 0 saturated carbocycles. The molecule has 1 saturated heterocycles. The van der Waals surface area contributed by atoms with Gasteiger partial charge >= 0.3 is 22.6 Å². The summed E-state index contributed by atoms with van der Waals surface area (Å²) < 4.78 is 136. The molecule has 1 aliphatic heterocycles. The average molecular weight is 682 g/mol. The Morgan fingerprint density at radius 1 is 0.955 bits per heavy atom. The monoisotopic (exact) mass is 681 g/mol. The highest BCUT2D eigenvalue weighted by atomic mass is 35.5. The Balaban J connectivity index is 1.62. The van der Waals surface area contributed by atoms with Crippen molar-refractivity contribution in [2.75, 3.05) is 10.8 Å². The minimum Gasteiger partial charge on any atom is -0.295 e. The molecule has 5 rings (SSSR count). The molecule has 1 fully saturated rings. The van der Waals surface area contributed by atoms with Crippen LogP contribution in [0.1, 0.15) is 22.5 Å². The summed E-state index contributed by atoms with van der Waals surface area (Å²) in [5.41, 5.74) is -1.93. The first-order valence-corrected chi connectivity index (χ1v) is 15.5. The van der Waals surface area contributed by atoms with Gasteiger partial charge in [-0.1, -0.05) is 11.6 Å². The molecule has 0 atom stereocenters. The number of anilines is 1. The molecular weight excluding hydrogens is 664 g/mol. The van der Waals surface area contributed by atoms with Gasteiger partial charge in [0.25, 0.3) is 5.91 Å². The van der Waals surface area contributed by atoms with E-state index in [9.17, 15) is 48.0 Å². The molecule has 0 radical (unpaired) electrons. The van der Waals surface area contributed by atoms with Gasteiger partial charge in [-0.25, -0.2) is 27.2 Å². The van der Waals surface area contributed by atoms with Crippen LogP contribution in [0.15, 0.2) is 59.5 Å². The number of amides is 1. The molecule has 1 amide bonds. The molecular formula is C25H18ClF6N5O5S2. The van der Waals surface area contributed by atoms with Gasteiger partial charge in [-0.2, -0.15) is 34.8 Å². The van der Waals surface area contributed by atoms with Gasteiger partial charge in [0, 0.05) is 0 Å². The molecule has 234 valence electrons. The van der Waals surface area contributed by atoms with E-state index in [4.69, 9.17) is 11.6 Å². The van der Waals surface area contributed by atoms with Crippen LogP contribution in [0.3, 0.4) is 0 Å². The number of imidazole rings is 1. The van der Waals surface area contributed by atoms with E-state index < -0.39 is 67.6 Å². The number of alkyl halides is 6. The molecule has 2 N–H and O–H groups in total. The zero-order chi connectivity index (χ0) is 32.4. The van der Waals surface area contributed by atoms with Gasteiger partial charge in [-0.3, -0.25) is 9.36 Å². The molecule has 2 heterocycles. The number of hydrogen-bond acceptors (Lipinski definition) is 6. The second-order valence-electron chi connectivity index (χ2n) is 9.54. The largest absolute Gasteiger partial charge is 0.416 e. The third-order valence-electron chi connectivity index (χ3n) is 6.56. The number of rotatable bonds is 6. The lowest BCUT2D eigenvalue weighted by atomic mass is 10.1. The molecule has 3 aromatic carbocycles. The molecule has 0 aliphatic carbocycles. The normalized spacial score (nSPS) is 15.6. The highest BCUT2D eigenvalue weighted by Gasteiger charge is 2.36. The number of sulfonamides is 1. The number of nitrogens with zero attached hydrogens (tertiary/aromatic N) is 3. The Morgan fingerprint density at radius 2 is 1.57 bits per heavy atom. The third kappa shape index (κ3) is 5.93. The van der Waals surface area contributed by atoms with Crippen molar-refractivity contribution in [2.24, 2.45) is 0 Å². The van der Waals surface area contributed by atoms with Gasteiger partial charge in [-0.05, 0) is 67.1 Å². The van der Waals surface area contributed by atoms with Crippen LogP contribution in [0.25, 0.3) is 16.7 Å². The zero-order valence-corrected chi connectivity index (χ0v) is 24.3. The van der Waals surface area contributed by atoms with E-state index in [1.807, 2.05) is 0 Å². The van der Waals surface area contributed by atoms with Crippen LogP contribution < -0.4 is 13.7 Å². The quantitative estimate of drug-likeness (QED) is 0.284. The van der Waals surface area contributed by atoms with Gasteiger partial charge in [0.1, 0.15) is 12.4 Å². The maximum atomic E-state index is 13.5. The number of nitrogens with one attached hydrogen (secondary N) is 2.